The van der Waals surface area contributed by atoms with Crippen molar-refractivity contribution in [2.45, 2.75) is 77.7 Å². The van der Waals surface area contributed by atoms with E-state index in [9.17, 15) is 5.11 Å². The quantitative estimate of drug-likeness (QED) is 0.646. The normalized spacial score (nSPS) is 57.4. The van der Waals surface area contributed by atoms with Crippen LogP contribution in [0.2, 0.25) is 0 Å². The topological polar surface area (TPSA) is 20.2 Å². The fourth-order valence-corrected chi connectivity index (χ4v) is 7.38. The van der Waals surface area contributed by atoms with E-state index >= 15 is 0 Å². The standard InChI is InChI=1S/C21H32O/c1-4-14-9-11-20(2)15(13-14)5-6-16-17-7-8-19(22)21(17,3)12-10-18(16)20/h1,14-19,22H,5-13H2,2-3H3/t14?,15-,16-,17-,18-,19-,20-,21-/m0/s1. The van der Waals surface area contributed by atoms with Crippen LogP contribution >= 0.6 is 0 Å². The van der Waals surface area contributed by atoms with Gasteiger partial charge in [0.1, 0.15) is 0 Å². The lowest BCUT2D eigenvalue weighted by atomic mass is 9.44. The minimum atomic E-state index is -0.0406. The van der Waals surface area contributed by atoms with Crippen molar-refractivity contribution in [1.29, 1.82) is 0 Å². The lowest BCUT2D eigenvalue weighted by molar-refractivity contribution is -0.124. The first-order valence-electron chi connectivity index (χ1n) is 9.63. The third-order valence-corrected chi connectivity index (χ3v) is 8.85. The fraction of sp³-hybridized carbons (Fsp3) is 0.905. The molecule has 0 heterocycles. The molecule has 4 aliphatic rings. The number of terminal acetylenes is 1. The molecule has 1 N–H and O–H groups in total. The number of aliphatic hydroxyl groups is 1. The third-order valence-electron chi connectivity index (χ3n) is 8.85. The summed E-state index contributed by atoms with van der Waals surface area (Å²) in [4.78, 5) is 0. The summed E-state index contributed by atoms with van der Waals surface area (Å²) in [5.41, 5.74) is 0.755. The molecule has 0 saturated heterocycles. The average molecular weight is 300 g/mol. The Balaban J connectivity index is 1.61. The molecule has 0 aliphatic heterocycles. The molecular weight excluding hydrogens is 268 g/mol. The molecule has 1 unspecified atom stereocenters. The van der Waals surface area contributed by atoms with Gasteiger partial charge in [-0.2, -0.15) is 0 Å². The highest BCUT2D eigenvalue weighted by molar-refractivity contribution is 5.11. The first kappa shape index (κ1) is 15.1. The SMILES string of the molecule is C#CC1CC[C@@]2(C)[C@@H](CC[C@@H]3[C@@H]2CC[C@]2(C)[C@@H](O)CC[C@@H]32)C1. The number of rotatable bonds is 0. The van der Waals surface area contributed by atoms with E-state index in [1.165, 1.54) is 51.4 Å². The molecule has 22 heavy (non-hydrogen) atoms. The fourth-order valence-electron chi connectivity index (χ4n) is 7.38. The second kappa shape index (κ2) is 5.01. The van der Waals surface area contributed by atoms with Gasteiger partial charge >= 0.3 is 0 Å². The van der Waals surface area contributed by atoms with Crippen molar-refractivity contribution < 1.29 is 5.11 Å². The largest absolute Gasteiger partial charge is 0.393 e. The van der Waals surface area contributed by atoms with Gasteiger partial charge in [0.15, 0.2) is 0 Å². The summed E-state index contributed by atoms with van der Waals surface area (Å²) in [5, 5.41) is 10.5. The molecule has 8 atom stereocenters. The van der Waals surface area contributed by atoms with E-state index in [1.807, 2.05) is 0 Å². The Morgan fingerprint density at radius 2 is 1.64 bits per heavy atom. The molecule has 122 valence electrons. The molecule has 0 aromatic rings. The molecule has 1 nitrogen and oxygen atoms in total. The summed E-state index contributed by atoms with van der Waals surface area (Å²) in [7, 11) is 0. The monoisotopic (exact) mass is 300 g/mol. The Bertz CT molecular complexity index is 491. The Labute approximate surface area is 136 Å². The zero-order valence-electron chi connectivity index (χ0n) is 14.4. The summed E-state index contributed by atoms with van der Waals surface area (Å²) in [6.45, 7) is 4.98. The lowest BCUT2D eigenvalue weighted by Crippen LogP contribution is -2.53. The zero-order valence-corrected chi connectivity index (χ0v) is 14.4. The Hall–Kier alpha value is -0.480. The van der Waals surface area contributed by atoms with Crippen LogP contribution in [0.15, 0.2) is 0 Å². The Kier molecular flexibility index (Phi) is 3.43. The molecule has 0 aromatic carbocycles. The van der Waals surface area contributed by atoms with Gasteiger partial charge in [0.2, 0.25) is 0 Å². The van der Waals surface area contributed by atoms with Crippen LogP contribution in [0, 0.1) is 52.8 Å². The maximum Gasteiger partial charge on any atom is 0.0596 e. The predicted molar refractivity (Wildman–Crippen MR) is 90.1 cm³/mol. The lowest BCUT2D eigenvalue weighted by Gasteiger charge is -2.60. The van der Waals surface area contributed by atoms with Gasteiger partial charge < -0.3 is 5.11 Å². The van der Waals surface area contributed by atoms with E-state index in [1.54, 1.807) is 0 Å². The second-order valence-corrected chi connectivity index (χ2v) is 9.43. The van der Waals surface area contributed by atoms with Crippen LogP contribution in [0.25, 0.3) is 0 Å². The van der Waals surface area contributed by atoms with E-state index in [2.05, 4.69) is 19.8 Å². The molecule has 4 saturated carbocycles. The summed E-state index contributed by atoms with van der Waals surface area (Å²) in [5.74, 6) is 6.99. The summed E-state index contributed by atoms with van der Waals surface area (Å²) < 4.78 is 0. The van der Waals surface area contributed by atoms with Gasteiger partial charge in [-0.3, -0.25) is 0 Å². The van der Waals surface area contributed by atoms with Crippen molar-refractivity contribution in [2.24, 2.45) is 40.4 Å². The van der Waals surface area contributed by atoms with Gasteiger partial charge in [-0.25, -0.2) is 0 Å². The Morgan fingerprint density at radius 1 is 0.909 bits per heavy atom. The molecule has 0 aromatic heterocycles. The molecule has 4 rings (SSSR count). The number of fused-ring (bicyclic) bond motifs is 5. The van der Waals surface area contributed by atoms with Gasteiger partial charge in [0.05, 0.1) is 6.10 Å². The van der Waals surface area contributed by atoms with Gasteiger partial charge in [-0.05, 0) is 92.3 Å². The van der Waals surface area contributed by atoms with Crippen LogP contribution in [0.3, 0.4) is 0 Å². The van der Waals surface area contributed by atoms with E-state index < -0.39 is 0 Å². The maximum absolute atomic E-state index is 10.5. The third kappa shape index (κ3) is 1.89. The van der Waals surface area contributed by atoms with Crippen molar-refractivity contribution >= 4 is 0 Å². The Morgan fingerprint density at radius 3 is 2.41 bits per heavy atom. The summed E-state index contributed by atoms with van der Waals surface area (Å²) in [6.07, 6.45) is 17.3. The highest BCUT2D eigenvalue weighted by atomic mass is 16.3. The highest BCUT2D eigenvalue weighted by Gasteiger charge is 2.59. The summed E-state index contributed by atoms with van der Waals surface area (Å²) in [6, 6.07) is 0. The minimum absolute atomic E-state index is 0.0406. The first-order valence-corrected chi connectivity index (χ1v) is 9.63. The van der Waals surface area contributed by atoms with E-state index in [0.29, 0.717) is 11.3 Å². The van der Waals surface area contributed by atoms with Gasteiger partial charge in [-0.15, -0.1) is 12.3 Å². The van der Waals surface area contributed by atoms with E-state index in [4.69, 9.17) is 6.42 Å². The molecular formula is C21H32O. The van der Waals surface area contributed by atoms with E-state index in [-0.39, 0.29) is 11.5 Å². The second-order valence-electron chi connectivity index (χ2n) is 9.43. The van der Waals surface area contributed by atoms with Crippen molar-refractivity contribution in [2.75, 3.05) is 0 Å². The van der Waals surface area contributed by atoms with Crippen molar-refractivity contribution in [3.05, 3.63) is 0 Å². The molecule has 4 fully saturated rings. The van der Waals surface area contributed by atoms with Crippen molar-refractivity contribution in [1.82, 2.24) is 0 Å². The van der Waals surface area contributed by atoms with Crippen LogP contribution in [-0.4, -0.2) is 11.2 Å². The minimum Gasteiger partial charge on any atom is -0.393 e. The van der Waals surface area contributed by atoms with Crippen molar-refractivity contribution in [3.8, 4) is 12.3 Å². The van der Waals surface area contributed by atoms with Crippen LogP contribution in [-0.2, 0) is 0 Å². The first-order chi connectivity index (χ1) is 10.5. The van der Waals surface area contributed by atoms with Crippen LogP contribution in [0.1, 0.15) is 71.6 Å². The predicted octanol–water partition coefficient (Wildman–Crippen LogP) is 4.64. The van der Waals surface area contributed by atoms with E-state index in [0.717, 1.165) is 30.1 Å². The van der Waals surface area contributed by atoms with Crippen LogP contribution in [0.4, 0.5) is 0 Å². The van der Waals surface area contributed by atoms with Gasteiger partial charge in [-0.1, -0.05) is 13.8 Å². The molecule has 0 amide bonds. The molecule has 4 aliphatic carbocycles. The number of aliphatic hydroxyl groups excluding tert-OH is 1. The van der Waals surface area contributed by atoms with Crippen LogP contribution in [0.5, 0.6) is 0 Å². The smallest absolute Gasteiger partial charge is 0.0596 e. The average Bonchev–Trinajstić information content (AvgIpc) is 2.82. The molecule has 1 heteroatoms. The number of hydrogen-bond acceptors (Lipinski definition) is 1. The molecule has 0 bridgehead atoms. The van der Waals surface area contributed by atoms with Crippen molar-refractivity contribution in [3.63, 3.8) is 0 Å². The summed E-state index contributed by atoms with van der Waals surface area (Å²) >= 11 is 0. The maximum atomic E-state index is 10.5. The molecule has 0 spiro atoms. The van der Waals surface area contributed by atoms with Gasteiger partial charge in [0, 0.05) is 5.92 Å². The van der Waals surface area contributed by atoms with Gasteiger partial charge in [0.25, 0.3) is 0 Å². The molecule has 0 radical (unpaired) electrons. The van der Waals surface area contributed by atoms with Crippen LogP contribution < -0.4 is 0 Å². The highest BCUT2D eigenvalue weighted by Crippen LogP contribution is 2.66. The zero-order chi connectivity index (χ0) is 15.5. The number of hydrogen-bond donors (Lipinski definition) is 1.